The molecule has 4 heteroatoms. The lowest BCUT2D eigenvalue weighted by Crippen LogP contribution is -2.25. The Morgan fingerprint density at radius 3 is 2.08 bits per heavy atom. The zero-order valence-electron chi connectivity index (χ0n) is 6.96. The molecule has 0 aliphatic carbocycles. The molecule has 0 saturated heterocycles. The highest BCUT2D eigenvalue weighted by atomic mass is 79.9. The third-order valence-electron chi connectivity index (χ3n) is 1.45. The van der Waals surface area contributed by atoms with Gasteiger partial charge in [-0.05, 0) is 12.8 Å². The molecule has 0 atom stereocenters. The van der Waals surface area contributed by atoms with Crippen LogP contribution < -0.4 is 0 Å². The van der Waals surface area contributed by atoms with Gasteiger partial charge in [-0.3, -0.25) is 4.90 Å². The Kier molecular flexibility index (Phi) is 8.10. The minimum atomic E-state index is 0.357. The van der Waals surface area contributed by atoms with Crippen molar-refractivity contribution in [1.29, 1.82) is 10.5 Å². The first-order chi connectivity index (χ1) is 5.85. The first-order valence-corrected chi connectivity index (χ1v) is 4.99. The number of unbranched alkanes of at least 4 members (excludes halogenated alkanes) is 1. The summed E-state index contributed by atoms with van der Waals surface area (Å²) in [7, 11) is 0. The van der Waals surface area contributed by atoms with Crippen LogP contribution in [0.2, 0.25) is 0 Å². The zero-order valence-corrected chi connectivity index (χ0v) is 8.55. The van der Waals surface area contributed by atoms with Crippen LogP contribution in [0.1, 0.15) is 12.8 Å². The second kappa shape index (κ2) is 8.52. The summed E-state index contributed by atoms with van der Waals surface area (Å²) in [4.78, 5) is 1.85. The van der Waals surface area contributed by atoms with Gasteiger partial charge in [-0.25, -0.2) is 0 Å². The minimum Gasteiger partial charge on any atom is -0.277 e. The summed E-state index contributed by atoms with van der Waals surface area (Å²) in [5.41, 5.74) is 0. The summed E-state index contributed by atoms with van der Waals surface area (Å²) in [5, 5.41) is 17.8. The summed E-state index contributed by atoms with van der Waals surface area (Å²) >= 11 is 3.33. The molecule has 0 saturated carbocycles. The lowest BCUT2D eigenvalue weighted by Gasteiger charge is -2.13. The molecule has 0 unspecified atom stereocenters. The third-order valence-corrected chi connectivity index (χ3v) is 2.01. The van der Waals surface area contributed by atoms with Crippen molar-refractivity contribution in [3.63, 3.8) is 0 Å². The fraction of sp³-hybridized carbons (Fsp3) is 0.750. The van der Waals surface area contributed by atoms with Gasteiger partial charge in [0.25, 0.3) is 0 Å². The Balaban J connectivity index is 3.51. The van der Waals surface area contributed by atoms with Gasteiger partial charge in [0.05, 0.1) is 25.2 Å². The van der Waals surface area contributed by atoms with Crippen molar-refractivity contribution >= 4 is 15.9 Å². The number of halogens is 1. The van der Waals surface area contributed by atoms with E-state index in [4.69, 9.17) is 10.5 Å². The number of nitrogens with zero attached hydrogens (tertiary/aromatic N) is 3. The molecule has 0 heterocycles. The van der Waals surface area contributed by atoms with Crippen molar-refractivity contribution in [2.24, 2.45) is 0 Å². The van der Waals surface area contributed by atoms with Crippen molar-refractivity contribution < 1.29 is 0 Å². The summed E-state index contributed by atoms with van der Waals surface area (Å²) in [6.45, 7) is 1.55. The quantitative estimate of drug-likeness (QED) is 0.394. The van der Waals surface area contributed by atoms with Crippen molar-refractivity contribution in [1.82, 2.24) is 4.90 Å². The summed E-state index contributed by atoms with van der Waals surface area (Å²) in [6, 6.07) is 4.09. The molecule has 0 aromatic rings. The number of rotatable bonds is 6. The van der Waals surface area contributed by atoms with E-state index in [1.807, 2.05) is 17.0 Å². The lowest BCUT2D eigenvalue weighted by atomic mass is 10.3. The molecule has 0 spiro atoms. The lowest BCUT2D eigenvalue weighted by molar-refractivity contribution is 0.336. The number of alkyl halides is 1. The smallest absolute Gasteiger partial charge is 0.0874 e. The van der Waals surface area contributed by atoms with Gasteiger partial charge in [-0.1, -0.05) is 15.9 Å². The van der Waals surface area contributed by atoms with Crippen molar-refractivity contribution in [2.75, 3.05) is 25.0 Å². The van der Waals surface area contributed by atoms with Crippen LogP contribution in [0.25, 0.3) is 0 Å². The fourth-order valence-corrected chi connectivity index (χ4v) is 1.24. The fourth-order valence-electron chi connectivity index (χ4n) is 0.844. The summed E-state index contributed by atoms with van der Waals surface area (Å²) in [5.74, 6) is 0. The van der Waals surface area contributed by atoms with E-state index in [1.165, 1.54) is 0 Å². The van der Waals surface area contributed by atoms with Gasteiger partial charge in [0.2, 0.25) is 0 Å². The monoisotopic (exact) mass is 229 g/mol. The molecule has 0 aromatic heterocycles. The molecule has 0 radical (unpaired) electrons. The van der Waals surface area contributed by atoms with E-state index in [2.05, 4.69) is 15.9 Å². The SMILES string of the molecule is N#CCN(CC#N)CCCCBr. The van der Waals surface area contributed by atoms with Gasteiger partial charge < -0.3 is 0 Å². The van der Waals surface area contributed by atoms with E-state index in [0.29, 0.717) is 13.1 Å². The average molecular weight is 230 g/mol. The van der Waals surface area contributed by atoms with Crippen molar-refractivity contribution in [3.8, 4) is 12.1 Å². The standard InChI is InChI=1S/C8H12BrN3/c9-3-1-2-6-12(7-4-10)8-5-11/h1-3,6-8H2. The molecule has 0 aliphatic heterocycles. The Labute approximate surface area is 81.7 Å². The Bertz CT molecular complexity index is 164. The first kappa shape index (κ1) is 11.4. The predicted octanol–water partition coefficient (Wildman–Crippen LogP) is 1.51. The normalized spacial score (nSPS) is 9.33. The van der Waals surface area contributed by atoms with Gasteiger partial charge in [0.1, 0.15) is 0 Å². The maximum atomic E-state index is 8.41. The molecule has 0 rings (SSSR count). The molecular weight excluding hydrogens is 218 g/mol. The Hall–Kier alpha value is -0.580. The van der Waals surface area contributed by atoms with Gasteiger partial charge in [-0.2, -0.15) is 10.5 Å². The molecule has 0 aromatic carbocycles. The minimum absolute atomic E-state index is 0.357. The number of nitriles is 2. The van der Waals surface area contributed by atoms with Crippen LogP contribution in [0.15, 0.2) is 0 Å². The molecule has 0 fully saturated rings. The summed E-state index contributed by atoms with van der Waals surface area (Å²) < 4.78 is 0. The molecule has 0 amide bonds. The van der Waals surface area contributed by atoms with Crippen LogP contribution in [0.3, 0.4) is 0 Å². The molecular formula is C8H12BrN3. The average Bonchev–Trinajstić information content (AvgIpc) is 2.06. The van der Waals surface area contributed by atoms with Crippen LogP contribution in [0.4, 0.5) is 0 Å². The predicted molar refractivity (Wildman–Crippen MR) is 50.7 cm³/mol. The van der Waals surface area contributed by atoms with E-state index in [1.54, 1.807) is 0 Å². The van der Waals surface area contributed by atoms with Crippen molar-refractivity contribution in [3.05, 3.63) is 0 Å². The van der Waals surface area contributed by atoms with Crippen LogP contribution in [-0.2, 0) is 0 Å². The first-order valence-electron chi connectivity index (χ1n) is 3.87. The topological polar surface area (TPSA) is 50.8 Å². The molecule has 0 N–H and O–H groups in total. The van der Waals surface area contributed by atoms with E-state index < -0.39 is 0 Å². The second-order valence-electron chi connectivity index (χ2n) is 2.42. The third kappa shape index (κ3) is 6.15. The van der Waals surface area contributed by atoms with E-state index in [-0.39, 0.29) is 0 Å². The maximum absolute atomic E-state index is 8.41. The van der Waals surface area contributed by atoms with Gasteiger partial charge in [0, 0.05) is 11.9 Å². The largest absolute Gasteiger partial charge is 0.277 e. The highest BCUT2D eigenvalue weighted by molar-refractivity contribution is 9.09. The highest BCUT2D eigenvalue weighted by Gasteiger charge is 2.01. The van der Waals surface area contributed by atoms with E-state index in [9.17, 15) is 0 Å². The van der Waals surface area contributed by atoms with E-state index >= 15 is 0 Å². The maximum Gasteiger partial charge on any atom is 0.0874 e. The molecule has 3 nitrogen and oxygen atoms in total. The molecule has 0 aliphatic rings. The van der Waals surface area contributed by atoms with Crippen LogP contribution in [0.5, 0.6) is 0 Å². The zero-order chi connectivity index (χ0) is 9.23. The Morgan fingerprint density at radius 2 is 1.67 bits per heavy atom. The van der Waals surface area contributed by atoms with Crippen molar-refractivity contribution in [2.45, 2.75) is 12.8 Å². The van der Waals surface area contributed by atoms with Gasteiger partial charge >= 0.3 is 0 Å². The van der Waals surface area contributed by atoms with Crippen LogP contribution in [0, 0.1) is 22.7 Å². The number of hydrogen-bond donors (Lipinski definition) is 0. The highest BCUT2D eigenvalue weighted by Crippen LogP contribution is 1.97. The molecule has 66 valence electrons. The van der Waals surface area contributed by atoms with E-state index in [0.717, 1.165) is 24.7 Å². The van der Waals surface area contributed by atoms with Gasteiger partial charge in [0.15, 0.2) is 0 Å². The second-order valence-corrected chi connectivity index (χ2v) is 3.22. The van der Waals surface area contributed by atoms with Gasteiger partial charge in [-0.15, -0.1) is 0 Å². The summed E-state index contributed by atoms with van der Waals surface area (Å²) in [6.07, 6.45) is 2.13. The molecule has 0 bridgehead atoms. The molecule has 12 heavy (non-hydrogen) atoms. The Morgan fingerprint density at radius 1 is 1.08 bits per heavy atom. The van der Waals surface area contributed by atoms with Crippen LogP contribution in [-0.4, -0.2) is 29.9 Å². The van der Waals surface area contributed by atoms with Crippen LogP contribution >= 0.6 is 15.9 Å². The number of hydrogen-bond acceptors (Lipinski definition) is 3.